The van der Waals surface area contributed by atoms with E-state index in [1.807, 2.05) is 0 Å². The Morgan fingerprint density at radius 2 is 1.71 bits per heavy atom. The predicted molar refractivity (Wildman–Crippen MR) is 50.5 cm³/mol. The summed E-state index contributed by atoms with van der Waals surface area (Å²) in [6.45, 7) is -0.387. The van der Waals surface area contributed by atoms with Crippen molar-refractivity contribution in [1.82, 2.24) is 0 Å². The highest BCUT2D eigenvalue weighted by Gasteiger charge is 2.31. The van der Waals surface area contributed by atoms with Crippen molar-refractivity contribution in [2.75, 3.05) is 6.61 Å². The molecule has 1 atom stereocenters. The van der Waals surface area contributed by atoms with Crippen LogP contribution in [0, 0.1) is 29.2 Å². The van der Waals surface area contributed by atoms with Gasteiger partial charge >= 0.3 is 0 Å². The molecule has 1 N–H and O–H groups in total. The van der Waals surface area contributed by atoms with Crippen molar-refractivity contribution in [3.63, 3.8) is 0 Å². The third-order valence-corrected chi connectivity index (χ3v) is 2.64. The molecule has 1 aliphatic rings. The van der Waals surface area contributed by atoms with Crippen molar-refractivity contribution in [3.8, 4) is 5.75 Å². The highest BCUT2D eigenvalue weighted by molar-refractivity contribution is 5.28. The minimum Gasteiger partial charge on any atom is -0.485 e. The number of halogens is 4. The van der Waals surface area contributed by atoms with Crippen LogP contribution in [-0.4, -0.2) is 17.8 Å². The molecular formula is C11H10F4O2. The van der Waals surface area contributed by atoms with Crippen LogP contribution in [0.25, 0.3) is 0 Å². The Kier molecular flexibility index (Phi) is 3.24. The Balaban J connectivity index is 2.13. The first-order valence-corrected chi connectivity index (χ1v) is 5.14. The van der Waals surface area contributed by atoms with Gasteiger partial charge in [-0.2, -0.15) is 8.78 Å². The molecule has 1 unspecified atom stereocenters. The molecule has 0 aromatic heterocycles. The summed E-state index contributed by atoms with van der Waals surface area (Å²) < 4.78 is 56.4. The maximum absolute atomic E-state index is 13.1. The fraction of sp³-hybridized carbons (Fsp3) is 0.455. The Bertz CT molecular complexity index is 406. The van der Waals surface area contributed by atoms with E-state index in [9.17, 15) is 22.7 Å². The number of aliphatic hydroxyl groups is 1. The molecule has 1 saturated carbocycles. The molecule has 17 heavy (non-hydrogen) atoms. The minimum atomic E-state index is -1.59. The zero-order valence-corrected chi connectivity index (χ0v) is 8.72. The second kappa shape index (κ2) is 4.52. The number of rotatable bonds is 4. The lowest BCUT2D eigenvalue weighted by Gasteiger charge is -2.13. The number of hydrogen-bond donors (Lipinski definition) is 1. The van der Waals surface area contributed by atoms with Crippen LogP contribution >= 0.6 is 0 Å². The Hall–Kier alpha value is -1.30. The number of benzene rings is 1. The molecule has 1 aliphatic carbocycles. The maximum Gasteiger partial charge on any atom is 0.203 e. The molecule has 0 bridgehead atoms. The zero-order chi connectivity index (χ0) is 12.6. The molecule has 6 heteroatoms. The van der Waals surface area contributed by atoms with Gasteiger partial charge in [-0.1, -0.05) is 0 Å². The van der Waals surface area contributed by atoms with Crippen LogP contribution in [0.3, 0.4) is 0 Å². The number of ether oxygens (including phenoxy) is 1. The molecule has 0 heterocycles. The Morgan fingerprint density at radius 1 is 1.18 bits per heavy atom. The van der Waals surface area contributed by atoms with Gasteiger partial charge in [-0.05, 0) is 18.8 Å². The number of aliphatic hydroxyl groups excluding tert-OH is 1. The fourth-order valence-electron chi connectivity index (χ4n) is 1.46. The highest BCUT2D eigenvalue weighted by Crippen LogP contribution is 2.33. The maximum atomic E-state index is 13.1. The molecule has 1 fully saturated rings. The van der Waals surface area contributed by atoms with Crippen molar-refractivity contribution in [2.24, 2.45) is 5.92 Å². The lowest BCUT2D eigenvalue weighted by molar-refractivity contribution is 0.0842. The normalized spacial score (nSPS) is 17.0. The SMILES string of the molecule is OC(COc1c(F)c(F)cc(F)c1F)C1CC1. The van der Waals surface area contributed by atoms with E-state index in [0.717, 1.165) is 12.8 Å². The van der Waals surface area contributed by atoms with Gasteiger partial charge < -0.3 is 9.84 Å². The first-order chi connectivity index (χ1) is 8.00. The van der Waals surface area contributed by atoms with Crippen LogP contribution in [0.5, 0.6) is 5.75 Å². The Labute approximate surface area is 94.8 Å². The summed E-state index contributed by atoms with van der Waals surface area (Å²) in [6.07, 6.45) is 0.750. The van der Waals surface area contributed by atoms with Gasteiger partial charge in [-0.15, -0.1) is 0 Å². The molecule has 0 saturated heterocycles. The molecule has 0 radical (unpaired) electrons. The van der Waals surface area contributed by atoms with E-state index in [1.54, 1.807) is 0 Å². The molecular weight excluding hydrogens is 240 g/mol. The van der Waals surface area contributed by atoms with Gasteiger partial charge in [0.1, 0.15) is 6.61 Å². The van der Waals surface area contributed by atoms with Gasteiger partial charge in [-0.25, -0.2) is 8.78 Å². The van der Waals surface area contributed by atoms with Crippen molar-refractivity contribution in [3.05, 3.63) is 29.3 Å². The summed E-state index contributed by atoms with van der Waals surface area (Å²) in [4.78, 5) is 0. The average Bonchev–Trinajstić information content (AvgIpc) is 3.10. The third-order valence-electron chi connectivity index (χ3n) is 2.64. The summed E-state index contributed by atoms with van der Waals surface area (Å²) in [7, 11) is 0. The quantitative estimate of drug-likeness (QED) is 0.656. The van der Waals surface area contributed by atoms with E-state index < -0.39 is 35.1 Å². The standard InChI is InChI=1S/C11H10F4O2/c12-6-3-7(13)10(15)11(9(6)14)17-4-8(16)5-1-2-5/h3,5,8,16H,1-2,4H2. The van der Waals surface area contributed by atoms with E-state index in [1.165, 1.54) is 0 Å². The summed E-state index contributed by atoms with van der Waals surface area (Å²) in [5.74, 6) is -7.32. The summed E-state index contributed by atoms with van der Waals surface area (Å²) >= 11 is 0. The molecule has 1 aromatic carbocycles. The van der Waals surface area contributed by atoms with Crippen LogP contribution in [0.4, 0.5) is 17.6 Å². The first-order valence-electron chi connectivity index (χ1n) is 5.14. The largest absolute Gasteiger partial charge is 0.485 e. The molecule has 2 rings (SSSR count). The first kappa shape index (κ1) is 12.2. The molecule has 0 amide bonds. The summed E-state index contributed by atoms with van der Waals surface area (Å²) in [5.41, 5.74) is 0. The predicted octanol–water partition coefficient (Wildman–Crippen LogP) is 2.39. The molecule has 2 nitrogen and oxygen atoms in total. The molecule has 0 spiro atoms. The van der Waals surface area contributed by atoms with Crippen LogP contribution < -0.4 is 4.74 Å². The zero-order valence-electron chi connectivity index (χ0n) is 8.72. The van der Waals surface area contributed by atoms with Crippen LogP contribution in [0.2, 0.25) is 0 Å². The molecule has 1 aromatic rings. The van der Waals surface area contributed by atoms with Gasteiger partial charge in [0.2, 0.25) is 11.6 Å². The van der Waals surface area contributed by atoms with E-state index in [-0.39, 0.29) is 18.6 Å². The Morgan fingerprint density at radius 3 is 2.18 bits per heavy atom. The van der Waals surface area contributed by atoms with Gasteiger partial charge in [0, 0.05) is 6.07 Å². The average molecular weight is 250 g/mol. The third kappa shape index (κ3) is 2.52. The highest BCUT2D eigenvalue weighted by atomic mass is 19.2. The second-order valence-electron chi connectivity index (χ2n) is 4.01. The lowest BCUT2D eigenvalue weighted by atomic mass is 10.2. The van der Waals surface area contributed by atoms with E-state index in [4.69, 9.17) is 0 Å². The topological polar surface area (TPSA) is 29.5 Å². The van der Waals surface area contributed by atoms with Crippen LogP contribution in [-0.2, 0) is 0 Å². The van der Waals surface area contributed by atoms with Crippen molar-refractivity contribution in [1.29, 1.82) is 0 Å². The molecule has 0 aliphatic heterocycles. The summed E-state index contributed by atoms with van der Waals surface area (Å²) in [5, 5.41) is 9.41. The van der Waals surface area contributed by atoms with Crippen LogP contribution in [0.1, 0.15) is 12.8 Å². The summed E-state index contributed by atoms with van der Waals surface area (Å²) in [6, 6.07) is 0.106. The monoisotopic (exact) mass is 250 g/mol. The number of hydrogen-bond acceptors (Lipinski definition) is 2. The smallest absolute Gasteiger partial charge is 0.203 e. The van der Waals surface area contributed by atoms with E-state index >= 15 is 0 Å². The van der Waals surface area contributed by atoms with Gasteiger partial charge in [0.25, 0.3) is 0 Å². The minimum absolute atomic E-state index is 0.0412. The van der Waals surface area contributed by atoms with Crippen molar-refractivity contribution >= 4 is 0 Å². The van der Waals surface area contributed by atoms with E-state index in [0.29, 0.717) is 0 Å². The van der Waals surface area contributed by atoms with E-state index in [2.05, 4.69) is 4.74 Å². The van der Waals surface area contributed by atoms with Gasteiger partial charge in [0.15, 0.2) is 17.4 Å². The van der Waals surface area contributed by atoms with Crippen LogP contribution in [0.15, 0.2) is 6.07 Å². The lowest BCUT2D eigenvalue weighted by Crippen LogP contribution is -2.20. The van der Waals surface area contributed by atoms with Gasteiger partial charge in [0.05, 0.1) is 6.10 Å². The van der Waals surface area contributed by atoms with Crippen molar-refractivity contribution < 1.29 is 27.4 Å². The fourth-order valence-corrected chi connectivity index (χ4v) is 1.46. The second-order valence-corrected chi connectivity index (χ2v) is 4.01. The van der Waals surface area contributed by atoms with Crippen molar-refractivity contribution in [2.45, 2.75) is 18.9 Å². The molecule has 94 valence electrons. The van der Waals surface area contributed by atoms with Gasteiger partial charge in [-0.3, -0.25) is 0 Å².